The maximum absolute atomic E-state index is 11.3. The van der Waals surface area contributed by atoms with Crippen LogP contribution in [0.2, 0.25) is 0 Å². The molecule has 1 saturated heterocycles. The molecular weight excluding hydrogens is 260 g/mol. The molecule has 0 aliphatic carbocycles. The van der Waals surface area contributed by atoms with E-state index < -0.39 is 9.84 Å². The Kier molecular flexibility index (Phi) is 4.81. The highest BCUT2D eigenvalue weighted by atomic mass is 32.2. The second kappa shape index (κ2) is 6.20. The van der Waals surface area contributed by atoms with E-state index in [1.165, 1.54) is 11.0 Å². The second-order valence-corrected chi connectivity index (χ2v) is 7.72. The minimum atomic E-state index is -2.94. The Labute approximate surface area is 116 Å². The first-order valence-corrected chi connectivity index (χ1v) is 8.69. The van der Waals surface area contributed by atoms with Crippen LogP contribution in [0.25, 0.3) is 0 Å². The van der Waals surface area contributed by atoms with Crippen molar-refractivity contribution in [1.29, 1.82) is 0 Å². The van der Waals surface area contributed by atoms with Gasteiger partial charge >= 0.3 is 0 Å². The zero-order chi connectivity index (χ0) is 13.9. The number of hydrogen-bond donors (Lipinski definition) is 1. The van der Waals surface area contributed by atoms with E-state index in [4.69, 9.17) is 0 Å². The second-order valence-electron chi connectivity index (χ2n) is 5.79. The fourth-order valence-corrected chi connectivity index (χ4v) is 3.82. The standard InChI is InChI=1S/C14H24N2O2S/c1-12(2)3-7-16-8-4-13(5-9-16)15-14-6-10-19(17,18)11-14/h3,6,10,13-15H,4-5,7-9,11H2,1-2H3. The van der Waals surface area contributed by atoms with Gasteiger partial charge in [-0.15, -0.1) is 0 Å². The van der Waals surface area contributed by atoms with E-state index in [1.54, 1.807) is 6.08 Å². The molecule has 1 unspecified atom stereocenters. The van der Waals surface area contributed by atoms with Gasteiger partial charge in [-0.1, -0.05) is 17.7 Å². The highest BCUT2D eigenvalue weighted by Crippen LogP contribution is 2.14. The molecule has 0 bridgehead atoms. The van der Waals surface area contributed by atoms with Crippen LogP contribution in [0.15, 0.2) is 23.1 Å². The van der Waals surface area contributed by atoms with Gasteiger partial charge in [0.05, 0.1) is 5.75 Å². The summed E-state index contributed by atoms with van der Waals surface area (Å²) in [6.07, 6.45) is 6.24. The summed E-state index contributed by atoms with van der Waals surface area (Å²) in [7, 11) is -2.94. The molecule has 0 saturated carbocycles. The Hall–Kier alpha value is -0.650. The molecule has 2 aliphatic rings. The van der Waals surface area contributed by atoms with E-state index in [2.05, 4.69) is 30.1 Å². The SMILES string of the molecule is CC(C)=CCN1CCC(NC2C=CS(=O)(=O)C2)CC1. The first kappa shape index (κ1) is 14.8. The van der Waals surface area contributed by atoms with Crippen molar-refractivity contribution in [2.75, 3.05) is 25.4 Å². The van der Waals surface area contributed by atoms with Gasteiger partial charge in [-0.2, -0.15) is 0 Å². The molecule has 2 aliphatic heterocycles. The molecule has 0 aromatic rings. The van der Waals surface area contributed by atoms with Crippen LogP contribution in [-0.2, 0) is 9.84 Å². The van der Waals surface area contributed by atoms with Crippen molar-refractivity contribution in [1.82, 2.24) is 10.2 Å². The van der Waals surface area contributed by atoms with Crippen molar-refractivity contribution in [2.24, 2.45) is 0 Å². The smallest absolute Gasteiger partial charge is 0.173 e. The summed E-state index contributed by atoms with van der Waals surface area (Å²) in [6, 6.07) is 0.463. The third-order valence-corrected chi connectivity index (χ3v) is 5.12. The van der Waals surface area contributed by atoms with E-state index >= 15 is 0 Å². The van der Waals surface area contributed by atoms with Gasteiger partial charge in [-0.3, -0.25) is 4.90 Å². The van der Waals surface area contributed by atoms with Gasteiger partial charge in [-0.25, -0.2) is 8.42 Å². The fourth-order valence-electron chi connectivity index (χ4n) is 2.58. The third-order valence-electron chi connectivity index (χ3n) is 3.73. The van der Waals surface area contributed by atoms with Crippen molar-refractivity contribution in [3.05, 3.63) is 23.1 Å². The van der Waals surface area contributed by atoms with Crippen molar-refractivity contribution in [3.63, 3.8) is 0 Å². The Bertz CT molecular complexity index is 456. The summed E-state index contributed by atoms with van der Waals surface area (Å²) in [6.45, 7) is 7.46. The van der Waals surface area contributed by atoms with Crippen LogP contribution in [0.3, 0.4) is 0 Å². The van der Waals surface area contributed by atoms with Gasteiger partial charge in [0.1, 0.15) is 0 Å². The lowest BCUT2D eigenvalue weighted by molar-refractivity contribution is 0.212. The van der Waals surface area contributed by atoms with E-state index in [0.717, 1.165) is 32.5 Å². The number of nitrogens with one attached hydrogen (secondary N) is 1. The van der Waals surface area contributed by atoms with E-state index in [9.17, 15) is 8.42 Å². The summed E-state index contributed by atoms with van der Waals surface area (Å²) in [5.74, 6) is 0.227. The molecule has 4 nitrogen and oxygen atoms in total. The summed E-state index contributed by atoms with van der Waals surface area (Å²) < 4.78 is 22.7. The summed E-state index contributed by atoms with van der Waals surface area (Å²) >= 11 is 0. The summed E-state index contributed by atoms with van der Waals surface area (Å²) in [5.41, 5.74) is 1.36. The third kappa shape index (κ3) is 4.75. The molecule has 2 rings (SSSR count). The average Bonchev–Trinajstić information content (AvgIpc) is 2.68. The number of nitrogens with zero attached hydrogens (tertiary/aromatic N) is 1. The zero-order valence-corrected chi connectivity index (χ0v) is 12.6. The van der Waals surface area contributed by atoms with Crippen molar-refractivity contribution in [3.8, 4) is 0 Å². The molecule has 1 N–H and O–H groups in total. The molecule has 1 atom stereocenters. The number of likely N-dealkylation sites (tertiary alicyclic amines) is 1. The lowest BCUT2D eigenvalue weighted by atomic mass is 10.0. The van der Waals surface area contributed by atoms with Crippen molar-refractivity contribution >= 4 is 9.84 Å². The molecule has 0 aromatic carbocycles. The molecule has 0 aromatic heterocycles. The minimum Gasteiger partial charge on any atom is -0.307 e. The number of sulfone groups is 1. The minimum absolute atomic E-state index is 0.0133. The van der Waals surface area contributed by atoms with Crippen molar-refractivity contribution in [2.45, 2.75) is 38.8 Å². The number of rotatable bonds is 4. The number of piperidine rings is 1. The van der Waals surface area contributed by atoms with Gasteiger partial charge in [-0.05, 0) is 39.8 Å². The van der Waals surface area contributed by atoms with Gasteiger partial charge in [0.2, 0.25) is 0 Å². The summed E-state index contributed by atoms with van der Waals surface area (Å²) in [4.78, 5) is 2.45. The van der Waals surface area contributed by atoms with Crippen LogP contribution in [-0.4, -0.2) is 50.8 Å². The summed E-state index contributed by atoms with van der Waals surface area (Å²) in [5, 5.41) is 4.79. The zero-order valence-electron chi connectivity index (χ0n) is 11.8. The van der Waals surface area contributed by atoms with E-state index in [0.29, 0.717) is 6.04 Å². The Morgan fingerprint density at radius 3 is 2.58 bits per heavy atom. The molecule has 5 heteroatoms. The lowest BCUT2D eigenvalue weighted by Crippen LogP contribution is -2.46. The molecule has 108 valence electrons. The van der Waals surface area contributed by atoms with Gasteiger partial charge in [0.25, 0.3) is 0 Å². The Balaban J connectivity index is 1.72. The molecule has 2 heterocycles. The van der Waals surface area contributed by atoms with Crippen molar-refractivity contribution < 1.29 is 8.42 Å². The van der Waals surface area contributed by atoms with Gasteiger partial charge < -0.3 is 5.32 Å². The van der Waals surface area contributed by atoms with Crippen LogP contribution in [0.4, 0.5) is 0 Å². The molecule has 0 spiro atoms. The first-order valence-electron chi connectivity index (χ1n) is 6.97. The maximum Gasteiger partial charge on any atom is 0.173 e. The largest absolute Gasteiger partial charge is 0.307 e. The highest BCUT2D eigenvalue weighted by molar-refractivity contribution is 7.94. The van der Waals surface area contributed by atoms with Gasteiger partial charge in [0, 0.05) is 24.0 Å². The quantitative estimate of drug-likeness (QED) is 0.791. The van der Waals surface area contributed by atoms with Crippen LogP contribution in [0.1, 0.15) is 26.7 Å². The Morgan fingerprint density at radius 1 is 1.37 bits per heavy atom. The maximum atomic E-state index is 11.3. The number of allylic oxidation sites excluding steroid dienone is 1. The number of hydrogen-bond acceptors (Lipinski definition) is 4. The molecular formula is C14H24N2O2S. The topological polar surface area (TPSA) is 49.4 Å². The lowest BCUT2D eigenvalue weighted by Gasteiger charge is -2.33. The predicted molar refractivity (Wildman–Crippen MR) is 78.7 cm³/mol. The molecule has 0 amide bonds. The monoisotopic (exact) mass is 284 g/mol. The molecule has 0 radical (unpaired) electrons. The molecule has 1 fully saturated rings. The van der Waals surface area contributed by atoms with Crippen LogP contribution >= 0.6 is 0 Å². The molecule has 19 heavy (non-hydrogen) atoms. The van der Waals surface area contributed by atoms with Crippen LogP contribution in [0, 0.1) is 0 Å². The van der Waals surface area contributed by atoms with Crippen LogP contribution < -0.4 is 5.32 Å². The average molecular weight is 284 g/mol. The predicted octanol–water partition coefficient (Wildman–Crippen LogP) is 1.32. The van der Waals surface area contributed by atoms with E-state index in [-0.39, 0.29) is 11.8 Å². The van der Waals surface area contributed by atoms with Gasteiger partial charge in [0.15, 0.2) is 9.84 Å². The van der Waals surface area contributed by atoms with Crippen LogP contribution in [0.5, 0.6) is 0 Å². The normalized spacial score (nSPS) is 27.6. The Morgan fingerprint density at radius 2 is 2.05 bits per heavy atom. The highest BCUT2D eigenvalue weighted by Gasteiger charge is 2.25. The fraction of sp³-hybridized carbons (Fsp3) is 0.714. The van der Waals surface area contributed by atoms with E-state index in [1.807, 2.05) is 0 Å². The first-order chi connectivity index (χ1) is 8.94.